The van der Waals surface area contributed by atoms with E-state index in [-0.39, 0.29) is 28.2 Å². The number of benzene rings is 1. The molecule has 3 rings (SSSR count). The van der Waals surface area contributed by atoms with E-state index < -0.39 is 5.91 Å². The number of phenols is 1. The summed E-state index contributed by atoms with van der Waals surface area (Å²) in [6, 6.07) is 7.31. The largest absolute Gasteiger partial charge is 0.508 e. The van der Waals surface area contributed by atoms with Crippen LogP contribution in [0.5, 0.6) is 5.75 Å². The van der Waals surface area contributed by atoms with Crippen molar-refractivity contribution < 1.29 is 9.90 Å². The molecule has 1 aromatic carbocycles. The third-order valence-electron chi connectivity index (χ3n) is 4.66. The van der Waals surface area contributed by atoms with Crippen LogP contribution >= 0.6 is 11.6 Å². The number of nitrogens with one attached hydrogen (secondary N) is 1. The molecule has 8 nitrogen and oxygen atoms in total. The fourth-order valence-corrected chi connectivity index (χ4v) is 3.28. The Bertz CT molecular complexity index is 885. The van der Waals surface area contributed by atoms with E-state index in [0.717, 1.165) is 25.7 Å². The summed E-state index contributed by atoms with van der Waals surface area (Å²) < 4.78 is 0. The number of aromatic nitrogens is 2. The number of hydrogen-bond acceptors (Lipinski definition) is 7. The highest BCUT2D eigenvalue weighted by atomic mass is 35.5. The van der Waals surface area contributed by atoms with Gasteiger partial charge in [0.25, 0.3) is 5.91 Å². The van der Waals surface area contributed by atoms with E-state index in [0.29, 0.717) is 24.7 Å². The molecule has 1 atom stereocenters. The van der Waals surface area contributed by atoms with Crippen molar-refractivity contribution in [2.75, 3.05) is 18.0 Å². The van der Waals surface area contributed by atoms with E-state index in [1.807, 2.05) is 12.1 Å². The Hall–Kier alpha value is -2.87. The van der Waals surface area contributed by atoms with Gasteiger partial charge >= 0.3 is 0 Å². The number of phenolic OH excluding ortho intramolecular Hbond substituents is 1. The van der Waals surface area contributed by atoms with E-state index in [2.05, 4.69) is 20.3 Å². The van der Waals surface area contributed by atoms with Crippen LogP contribution in [0.4, 0.5) is 11.6 Å². The number of hydrogen-bond donors (Lipinski definition) is 4. The number of aryl methyl sites for hydroxylation is 1. The monoisotopic (exact) mass is 402 g/mol. The molecule has 0 saturated carbocycles. The van der Waals surface area contributed by atoms with Crippen molar-refractivity contribution in [3.8, 4) is 5.75 Å². The third-order valence-corrected chi connectivity index (χ3v) is 4.94. The second kappa shape index (κ2) is 8.88. The summed E-state index contributed by atoms with van der Waals surface area (Å²) in [4.78, 5) is 24.5. The van der Waals surface area contributed by atoms with E-state index in [1.165, 1.54) is 5.56 Å². The number of carbonyl (C=O) groups is 1. The molecule has 9 heteroatoms. The van der Waals surface area contributed by atoms with E-state index in [4.69, 9.17) is 23.1 Å². The maximum Gasteiger partial charge on any atom is 0.279 e. The van der Waals surface area contributed by atoms with Crippen molar-refractivity contribution in [2.45, 2.75) is 32.1 Å². The molecule has 0 aliphatic carbocycles. The van der Waals surface area contributed by atoms with Gasteiger partial charge in [-0.3, -0.25) is 9.79 Å². The van der Waals surface area contributed by atoms with Gasteiger partial charge in [0.05, 0.1) is 0 Å². The van der Waals surface area contributed by atoms with Crippen LogP contribution in [-0.2, 0) is 6.42 Å². The summed E-state index contributed by atoms with van der Waals surface area (Å²) in [5.41, 5.74) is 12.4. The zero-order chi connectivity index (χ0) is 20.1. The lowest BCUT2D eigenvalue weighted by Gasteiger charge is -2.10. The zero-order valence-electron chi connectivity index (χ0n) is 15.4. The van der Waals surface area contributed by atoms with Gasteiger partial charge < -0.3 is 21.9 Å². The van der Waals surface area contributed by atoms with E-state index in [9.17, 15) is 9.90 Å². The van der Waals surface area contributed by atoms with Crippen molar-refractivity contribution >= 4 is 35.0 Å². The normalized spacial score (nSPS) is 16.0. The molecule has 0 saturated heterocycles. The summed E-state index contributed by atoms with van der Waals surface area (Å²) in [6.07, 6.45) is 4.87. The number of amides is 1. The van der Waals surface area contributed by atoms with Crippen molar-refractivity contribution in [3.05, 3.63) is 40.7 Å². The summed E-state index contributed by atoms with van der Waals surface area (Å²) in [7, 11) is 0. The molecule has 28 heavy (non-hydrogen) atoms. The van der Waals surface area contributed by atoms with Gasteiger partial charge in [0.1, 0.15) is 11.6 Å². The van der Waals surface area contributed by atoms with Crippen LogP contribution in [0, 0.1) is 5.92 Å². The lowest BCUT2D eigenvalue weighted by Crippen LogP contribution is -2.31. The first kappa shape index (κ1) is 19.9. The average molecular weight is 403 g/mol. The van der Waals surface area contributed by atoms with Crippen LogP contribution < -0.4 is 16.8 Å². The van der Waals surface area contributed by atoms with Gasteiger partial charge in [0, 0.05) is 13.0 Å². The van der Waals surface area contributed by atoms with Crippen LogP contribution in [0.25, 0.3) is 0 Å². The Balaban J connectivity index is 1.42. The maximum atomic E-state index is 12.3. The SMILES string of the molecule is Nc1nc(N)c(C(=O)NC2=NCC(CCCCc3ccc(O)cc3)C2)nc1Cl. The molecule has 2 aromatic rings. The predicted octanol–water partition coefficient (Wildman–Crippen LogP) is 2.56. The quantitative estimate of drug-likeness (QED) is 0.547. The Morgan fingerprint density at radius 2 is 1.93 bits per heavy atom. The lowest BCUT2D eigenvalue weighted by atomic mass is 9.98. The molecule has 1 amide bonds. The van der Waals surface area contributed by atoms with Gasteiger partial charge in [-0.2, -0.15) is 0 Å². The summed E-state index contributed by atoms with van der Waals surface area (Å²) in [6.45, 7) is 0.693. The van der Waals surface area contributed by atoms with Crippen LogP contribution in [0.3, 0.4) is 0 Å². The Labute approximate surface area is 168 Å². The summed E-state index contributed by atoms with van der Waals surface area (Å²) in [5, 5.41) is 12.0. The number of rotatable bonds is 6. The van der Waals surface area contributed by atoms with Crippen molar-refractivity contribution in [1.29, 1.82) is 0 Å². The molecule has 0 spiro atoms. The van der Waals surface area contributed by atoms with Gasteiger partial charge in [-0.05, 0) is 42.9 Å². The molecule has 1 aliphatic rings. The predicted molar refractivity (Wildman–Crippen MR) is 109 cm³/mol. The fourth-order valence-electron chi connectivity index (χ4n) is 3.15. The highest BCUT2D eigenvalue weighted by Crippen LogP contribution is 2.21. The summed E-state index contributed by atoms with van der Waals surface area (Å²) in [5.74, 6) is 0.760. The number of aliphatic imine (C=N–C) groups is 1. The number of aromatic hydroxyl groups is 1. The van der Waals surface area contributed by atoms with Gasteiger partial charge in [-0.25, -0.2) is 9.97 Å². The number of nitrogen functional groups attached to an aromatic ring is 2. The van der Waals surface area contributed by atoms with E-state index >= 15 is 0 Å². The Morgan fingerprint density at radius 1 is 1.18 bits per heavy atom. The number of unbranched alkanes of at least 4 members (excludes halogenated alkanes) is 1. The molecule has 6 N–H and O–H groups in total. The Morgan fingerprint density at radius 3 is 2.68 bits per heavy atom. The molecule has 1 aromatic heterocycles. The number of nitrogens with two attached hydrogens (primary N) is 2. The smallest absolute Gasteiger partial charge is 0.279 e. The second-order valence-corrected chi connectivity index (χ2v) is 7.22. The molecular formula is C19H23ClN6O2. The first-order valence-electron chi connectivity index (χ1n) is 9.13. The minimum atomic E-state index is -0.487. The molecular weight excluding hydrogens is 380 g/mol. The van der Waals surface area contributed by atoms with Crippen molar-refractivity contribution in [1.82, 2.24) is 15.3 Å². The standard InChI is InChI=1S/C19H23ClN6O2/c20-16-18(22)26-17(21)15(25-16)19(28)24-14-9-12(10-23-14)4-2-1-3-11-5-7-13(27)8-6-11/h5-8,12,27H,1-4,9-10H2,(H4,21,22,26)(H,23,24,28). The topological polar surface area (TPSA) is 140 Å². The van der Waals surface area contributed by atoms with Crippen LogP contribution in [0.2, 0.25) is 5.15 Å². The van der Waals surface area contributed by atoms with Crippen LogP contribution in [0.1, 0.15) is 41.7 Å². The number of anilines is 2. The molecule has 0 bridgehead atoms. The maximum absolute atomic E-state index is 12.3. The molecule has 148 valence electrons. The zero-order valence-corrected chi connectivity index (χ0v) is 16.1. The minimum Gasteiger partial charge on any atom is -0.508 e. The Kier molecular flexibility index (Phi) is 6.30. The van der Waals surface area contributed by atoms with Gasteiger partial charge in [0.15, 0.2) is 22.5 Å². The van der Waals surface area contributed by atoms with Crippen molar-refractivity contribution in [2.24, 2.45) is 10.9 Å². The second-order valence-electron chi connectivity index (χ2n) is 6.86. The number of amidine groups is 1. The highest BCUT2D eigenvalue weighted by Gasteiger charge is 2.22. The van der Waals surface area contributed by atoms with Gasteiger partial charge in [0.2, 0.25) is 0 Å². The fraction of sp³-hybridized carbons (Fsp3) is 0.368. The van der Waals surface area contributed by atoms with Crippen LogP contribution in [-0.4, -0.2) is 33.4 Å². The van der Waals surface area contributed by atoms with Gasteiger partial charge in [-0.1, -0.05) is 30.2 Å². The third kappa shape index (κ3) is 5.10. The number of nitrogens with zero attached hydrogens (tertiary/aromatic N) is 3. The first-order valence-corrected chi connectivity index (χ1v) is 9.51. The van der Waals surface area contributed by atoms with Crippen LogP contribution in [0.15, 0.2) is 29.3 Å². The average Bonchev–Trinajstić information content (AvgIpc) is 3.10. The highest BCUT2D eigenvalue weighted by molar-refractivity contribution is 6.31. The minimum absolute atomic E-state index is 0.0127. The molecule has 0 fully saturated rings. The molecule has 0 radical (unpaired) electrons. The molecule has 1 unspecified atom stereocenters. The summed E-state index contributed by atoms with van der Waals surface area (Å²) >= 11 is 5.82. The molecule has 2 heterocycles. The lowest BCUT2D eigenvalue weighted by molar-refractivity contribution is 0.0972. The van der Waals surface area contributed by atoms with Crippen molar-refractivity contribution in [3.63, 3.8) is 0 Å². The van der Waals surface area contributed by atoms with E-state index in [1.54, 1.807) is 12.1 Å². The first-order chi connectivity index (χ1) is 13.4. The number of carbonyl (C=O) groups excluding carboxylic acids is 1. The van der Waals surface area contributed by atoms with Gasteiger partial charge in [-0.15, -0.1) is 0 Å². The molecule has 1 aliphatic heterocycles. The number of halogens is 1.